The molecule has 1 saturated heterocycles. The first kappa shape index (κ1) is 21.0. The second-order valence-electron chi connectivity index (χ2n) is 7.57. The van der Waals surface area contributed by atoms with E-state index >= 15 is 0 Å². The maximum Gasteiger partial charge on any atom is 0.256 e. The Kier molecular flexibility index (Phi) is 5.93. The lowest BCUT2D eigenvalue weighted by molar-refractivity contribution is 0.0979. The first-order valence-corrected chi connectivity index (χ1v) is 12.2. The molecule has 1 aromatic carbocycles. The van der Waals surface area contributed by atoms with Crippen LogP contribution >= 0.6 is 11.3 Å². The van der Waals surface area contributed by atoms with Gasteiger partial charge in [-0.3, -0.25) is 4.79 Å². The molecule has 1 N–H and O–H groups in total. The highest BCUT2D eigenvalue weighted by Crippen LogP contribution is 2.38. The highest BCUT2D eigenvalue weighted by Gasteiger charge is 2.27. The van der Waals surface area contributed by atoms with E-state index in [0.717, 1.165) is 42.5 Å². The second-order valence-corrected chi connectivity index (χ2v) is 10.7. The number of nitrogens with one attached hydrogen (secondary N) is 1. The Labute approximate surface area is 180 Å². The van der Waals surface area contributed by atoms with Gasteiger partial charge in [-0.05, 0) is 61.9 Å². The van der Waals surface area contributed by atoms with Gasteiger partial charge in [-0.15, -0.1) is 11.3 Å². The molecule has 1 aromatic heterocycles. The molecule has 2 aliphatic rings. The zero-order valence-corrected chi connectivity index (χ0v) is 18.3. The molecule has 2 heterocycles. The number of carbonyl (C=O) groups excluding carboxylic acids is 1. The predicted molar refractivity (Wildman–Crippen MR) is 114 cm³/mol. The first-order valence-electron chi connectivity index (χ1n) is 9.94. The van der Waals surface area contributed by atoms with Gasteiger partial charge in [0.05, 0.1) is 16.6 Å². The summed E-state index contributed by atoms with van der Waals surface area (Å²) in [6.07, 6.45) is 4.59. The smallest absolute Gasteiger partial charge is 0.256 e. The molecule has 1 fully saturated rings. The summed E-state index contributed by atoms with van der Waals surface area (Å²) in [5.74, 6) is -0.358. The van der Waals surface area contributed by atoms with Crippen LogP contribution in [0.15, 0.2) is 29.2 Å². The number of nitrogens with zero attached hydrogens (tertiary/aromatic N) is 2. The van der Waals surface area contributed by atoms with E-state index in [1.807, 2.05) is 0 Å². The zero-order valence-electron chi connectivity index (χ0n) is 16.7. The van der Waals surface area contributed by atoms with Crippen molar-refractivity contribution in [2.45, 2.75) is 43.1 Å². The molecule has 1 atom stereocenters. The van der Waals surface area contributed by atoms with Crippen LogP contribution in [0.25, 0.3) is 0 Å². The van der Waals surface area contributed by atoms with Gasteiger partial charge in [0, 0.05) is 30.6 Å². The van der Waals surface area contributed by atoms with Crippen LogP contribution in [-0.4, -0.2) is 44.9 Å². The van der Waals surface area contributed by atoms with E-state index < -0.39 is 10.0 Å². The largest absolute Gasteiger partial charge is 0.377 e. The SMILES string of the molecule is CN(C[C@H]1CCCO1)S(=O)(=O)c1ccc(C(=O)Nc2sc3c(c2C#N)CCC3)cc1. The number of anilines is 1. The summed E-state index contributed by atoms with van der Waals surface area (Å²) in [5, 5.41) is 12.8. The summed E-state index contributed by atoms with van der Waals surface area (Å²) in [6.45, 7) is 0.980. The lowest BCUT2D eigenvalue weighted by Gasteiger charge is -2.20. The van der Waals surface area contributed by atoms with Gasteiger partial charge in [-0.25, -0.2) is 8.42 Å². The fourth-order valence-electron chi connectivity index (χ4n) is 3.92. The maximum atomic E-state index is 12.8. The Hall–Kier alpha value is -2.25. The van der Waals surface area contributed by atoms with Gasteiger partial charge in [0.2, 0.25) is 10.0 Å². The number of benzene rings is 1. The molecule has 4 rings (SSSR count). The molecule has 0 saturated carbocycles. The van der Waals surface area contributed by atoms with Crippen LogP contribution in [0, 0.1) is 11.3 Å². The fraction of sp³-hybridized carbons (Fsp3) is 0.429. The van der Waals surface area contributed by atoms with Gasteiger partial charge in [-0.2, -0.15) is 9.57 Å². The van der Waals surface area contributed by atoms with E-state index in [1.165, 1.54) is 47.0 Å². The topological polar surface area (TPSA) is 99.5 Å². The second kappa shape index (κ2) is 8.47. The monoisotopic (exact) mass is 445 g/mol. The molecule has 158 valence electrons. The summed E-state index contributed by atoms with van der Waals surface area (Å²) in [7, 11) is -2.12. The number of rotatable bonds is 6. The van der Waals surface area contributed by atoms with Crippen molar-refractivity contribution in [3.63, 3.8) is 0 Å². The molecule has 1 amide bonds. The van der Waals surface area contributed by atoms with Gasteiger partial charge in [0.25, 0.3) is 5.91 Å². The molecule has 0 radical (unpaired) electrons. The van der Waals surface area contributed by atoms with Crippen molar-refractivity contribution in [3.8, 4) is 6.07 Å². The Morgan fingerprint density at radius 3 is 2.73 bits per heavy atom. The molecule has 2 aromatic rings. The fourth-order valence-corrected chi connectivity index (χ4v) is 6.35. The molecular formula is C21H23N3O4S2. The van der Waals surface area contributed by atoms with Crippen LogP contribution < -0.4 is 5.32 Å². The van der Waals surface area contributed by atoms with Crippen LogP contribution in [-0.2, 0) is 27.6 Å². The highest BCUT2D eigenvalue weighted by molar-refractivity contribution is 7.89. The highest BCUT2D eigenvalue weighted by atomic mass is 32.2. The molecule has 30 heavy (non-hydrogen) atoms. The molecular weight excluding hydrogens is 422 g/mol. The average molecular weight is 446 g/mol. The van der Waals surface area contributed by atoms with Gasteiger partial charge in [0.15, 0.2) is 0 Å². The number of hydrogen-bond donors (Lipinski definition) is 1. The Bertz CT molecular complexity index is 1090. The number of sulfonamides is 1. The predicted octanol–water partition coefficient (Wildman–Crippen LogP) is 3.16. The number of fused-ring (bicyclic) bond motifs is 1. The zero-order chi connectivity index (χ0) is 21.3. The summed E-state index contributed by atoms with van der Waals surface area (Å²) in [5.41, 5.74) is 1.94. The Morgan fingerprint density at radius 1 is 1.30 bits per heavy atom. The minimum atomic E-state index is -3.66. The van der Waals surface area contributed by atoms with Crippen LogP contribution in [0.2, 0.25) is 0 Å². The lowest BCUT2D eigenvalue weighted by Crippen LogP contribution is -2.34. The quantitative estimate of drug-likeness (QED) is 0.736. The van der Waals surface area contributed by atoms with Crippen molar-refractivity contribution in [1.29, 1.82) is 5.26 Å². The van der Waals surface area contributed by atoms with Crippen molar-refractivity contribution in [2.24, 2.45) is 0 Å². The summed E-state index contributed by atoms with van der Waals surface area (Å²) >= 11 is 1.45. The Balaban J connectivity index is 1.47. The van der Waals surface area contributed by atoms with Crippen LogP contribution in [0.4, 0.5) is 5.00 Å². The van der Waals surface area contributed by atoms with Crippen LogP contribution in [0.1, 0.15) is 45.6 Å². The number of amides is 1. The Morgan fingerprint density at radius 2 is 2.07 bits per heavy atom. The minimum Gasteiger partial charge on any atom is -0.377 e. The van der Waals surface area contributed by atoms with Gasteiger partial charge in [-0.1, -0.05) is 0 Å². The molecule has 0 bridgehead atoms. The first-order chi connectivity index (χ1) is 14.4. The number of likely N-dealkylation sites (N-methyl/N-ethyl adjacent to an activating group) is 1. The van der Waals surface area contributed by atoms with E-state index in [2.05, 4.69) is 11.4 Å². The van der Waals surface area contributed by atoms with Crippen molar-refractivity contribution >= 4 is 32.3 Å². The molecule has 9 heteroatoms. The molecule has 0 unspecified atom stereocenters. The van der Waals surface area contributed by atoms with Crippen molar-refractivity contribution in [1.82, 2.24) is 4.31 Å². The van der Waals surface area contributed by atoms with E-state index in [1.54, 1.807) is 0 Å². The van der Waals surface area contributed by atoms with Crippen LogP contribution in [0.5, 0.6) is 0 Å². The number of aryl methyl sites for hydroxylation is 1. The van der Waals surface area contributed by atoms with Gasteiger partial charge < -0.3 is 10.1 Å². The lowest BCUT2D eigenvalue weighted by atomic mass is 10.1. The third-order valence-corrected chi connectivity index (χ3v) is 8.61. The minimum absolute atomic E-state index is 0.0726. The van der Waals surface area contributed by atoms with Crippen molar-refractivity contribution < 1.29 is 17.9 Å². The van der Waals surface area contributed by atoms with E-state index in [4.69, 9.17) is 4.74 Å². The van der Waals surface area contributed by atoms with E-state index in [0.29, 0.717) is 29.3 Å². The van der Waals surface area contributed by atoms with Gasteiger partial charge in [0.1, 0.15) is 11.1 Å². The standard InChI is InChI=1S/C21H23N3O4S2/c1-24(13-15-4-3-11-28-15)30(26,27)16-9-7-14(8-10-16)20(25)23-21-18(12-22)17-5-2-6-19(17)29-21/h7-10,15H,2-6,11,13H2,1H3,(H,23,25)/t15-/m1/s1. The van der Waals surface area contributed by atoms with Crippen molar-refractivity contribution in [3.05, 3.63) is 45.8 Å². The number of nitriles is 1. The summed E-state index contributed by atoms with van der Waals surface area (Å²) < 4.78 is 32.4. The maximum absolute atomic E-state index is 12.8. The molecule has 7 nitrogen and oxygen atoms in total. The molecule has 0 spiro atoms. The van der Waals surface area contributed by atoms with E-state index in [9.17, 15) is 18.5 Å². The average Bonchev–Trinajstić information content (AvgIpc) is 3.46. The van der Waals surface area contributed by atoms with E-state index in [-0.39, 0.29) is 16.9 Å². The third-order valence-electron chi connectivity index (χ3n) is 5.57. The van der Waals surface area contributed by atoms with Crippen LogP contribution in [0.3, 0.4) is 0 Å². The normalized spacial score (nSPS) is 18.4. The number of thiophene rings is 1. The van der Waals surface area contributed by atoms with Crippen molar-refractivity contribution in [2.75, 3.05) is 25.5 Å². The third kappa shape index (κ3) is 4.01. The summed E-state index contributed by atoms with van der Waals surface area (Å²) in [4.78, 5) is 13.9. The number of carbonyl (C=O) groups is 1. The van der Waals surface area contributed by atoms with Gasteiger partial charge >= 0.3 is 0 Å². The molecule has 1 aliphatic heterocycles. The molecule has 1 aliphatic carbocycles. The number of ether oxygens (including phenoxy) is 1. The number of hydrogen-bond acceptors (Lipinski definition) is 6. The summed E-state index contributed by atoms with van der Waals surface area (Å²) in [6, 6.07) is 8.08.